The van der Waals surface area contributed by atoms with Gasteiger partial charge in [0.15, 0.2) is 0 Å². The van der Waals surface area contributed by atoms with E-state index in [-0.39, 0.29) is 0 Å². The van der Waals surface area contributed by atoms with Gasteiger partial charge in [-0.15, -0.1) is 0 Å². The first-order valence-electron chi connectivity index (χ1n) is 5.86. The zero-order chi connectivity index (χ0) is 12.9. The molecule has 0 aliphatic carbocycles. The highest BCUT2D eigenvalue weighted by atomic mass is 16.5. The summed E-state index contributed by atoms with van der Waals surface area (Å²) in [6, 6.07) is 12.0. The maximum atomic E-state index is 5.60. The van der Waals surface area contributed by atoms with Crippen molar-refractivity contribution in [3.8, 4) is 22.8 Å². The summed E-state index contributed by atoms with van der Waals surface area (Å²) in [5, 5.41) is 0. The number of pyridine rings is 1. The van der Waals surface area contributed by atoms with Gasteiger partial charge >= 0.3 is 0 Å². The third kappa shape index (κ3) is 2.74. The Hall–Kier alpha value is -2.75. The molecule has 4 nitrogen and oxygen atoms in total. The van der Waals surface area contributed by atoms with Crippen molar-refractivity contribution in [3.63, 3.8) is 0 Å². The van der Waals surface area contributed by atoms with Crippen molar-refractivity contribution in [1.82, 2.24) is 15.0 Å². The van der Waals surface area contributed by atoms with Crippen LogP contribution in [-0.4, -0.2) is 15.0 Å². The van der Waals surface area contributed by atoms with E-state index in [1.54, 1.807) is 31.0 Å². The van der Waals surface area contributed by atoms with Gasteiger partial charge in [0.05, 0.1) is 12.4 Å². The van der Waals surface area contributed by atoms with Crippen LogP contribution in [0.1, 0.15) is 0 Å². The number of ether oxygens (including phenoxy) is 1. The normalized spacial score (nSPS) is 10.1. The van der Waals surface area contributed by atoms with Gasteiger partial charge in [-0.3, -0.25) is 9.97 Å². The molecule has 0 atom stereocenters. The van der Waals surface area contributed by atoms with E-state index in [0.29, 0.717) is 11.6 Å². The molecular formula is C15H11N3O. The molecule has 3 rings (SSSR count). The van der Waals surface area contributed by atoms with Crippen LogP contribution in [0.15, 0.2) is 67.4 Å². The van der Waals surface area contributed by atoms with Gasteiger partial charge < -0.3 is 4.74 Å². The minimum absolute atomic E-state index is 0.453. The Morgan fingerprint density at radius 1 is 0.789 bits per heavy atom. The maximum absolute atomic E-state index is 5.60. The van der Waals surface area contributed by atoms with Crippen LogP contribution in [0.2, 0.25) is 0 Å². The molecule has 1 aromatic carbocycles. The first-order chi connectivity index (χ1) is 9.42. The quantitative estimate of drug-likeness (QED) is 0.714. The van der Waals surface area contributed by atoms with E-state index in [1.807, 2.05) is 36.4 Å². The van der Waals surface area contributed by atoms with Crippen molar-refractivity contribution in [3.05, 3.63) is 67.4 Å². The largest absolute Gasteiger partial charge is 0.436 e. The average Bonchev–Trinajstić information content (AvgIpc) is 2.49. The zero-order valence-electron chi connectivity index (χ0n) is 10.1. The fourth-order valence-electron chi connectivity index (χ4n) is 1.72. The minimum atomic E-state index is 0.453. The van der Waals surface area contributed by atoms with Crippen LogP contribution in [0.3, 0.4) is 0 Å². The third-order valence-electron chi connectivity index (χ3n) is 2.58. The lowest BCUT2D eigenvalue weighted by atomic mass is 10.1. The van der Waals surface area contributed by atoms with Gasteiger partial charge in [-0.2, -0.15) is 0 Å². The van der Waals surface area contributed by atoms with E-state index < -0.39 is 0 Å². The standard InChI is InChI=1S/C15H11N3O/c1-2-4-12(5-3-1)13-8-14(10-17-9-13)19-15-11-16-6-7-18-15/h1-11H. The van der Waals surface area contributed by atoms with Crippen molar-refractivity contribution in [2.75, 3.05) is 0 Å². The fraction of sp³-hybridized carbons (Fsp3) is 0. The molecule has 3 aromatic rings. The van der Waals surface area contributed by atoms with Gasteiger partial charge in [-0.05, 0) is 11.6 Å². The number of hydrogen-bond acceptors (Lipinski definition) is 4. The van der Waals surface area contributed by atoms with E-state index in [1.165, 1.54) is 0 Å². The summed E-state index contributed by atoms with van der Waals surface area (Å²) >= 11 is 0. The van der Waals surface area contributed by atoms with Crippen LogP contribution in [0.25, 0.3) is 11.1 Å². The highest BCUT2D eigenvalue weighted by Gasteiger charge is 2.02. The molecule has 2 heterocycles. The van der Waals surface area contributed by atoms with E-state index in [9.17, 15) is 0 Å². The molecule has 0 saturated heterocycles. The van der Waals surface area contributed by atoms with Crippen LogP contribution >= 0.6 is 0 Å². The van der Waals surface area contributed by atoms with E-state index >= 15 is 0 Å². The molecule has 0 fully saturated rings. The van der Waals surface area contributed by atoms with Crippen molar-refractivity contribution >= 4 is 0 Å². The zero-order valence-corrected chi connectivity index (χ0v) is 10.1. The molecule has 0 aliphatic rings. The lowest BCUT2D eigenvalue weighted by Gasteiger charge is -2.05. The van der Waals surface area contributed by atoms with E-state index in [4.69, 9.17) is 4.74 Å². The second-order valence-electron chi connectivity index (χ2n) is 3.92. The average molecular weight is 249 g/mol. The smallest absolute Gasteiger partial charge is 0.237 e. The van der Waals surface area contributed by atoms with Gasteiger partial charge in [0.25, 0.3) is 0 Å². The van der Waals surface area contributed by atoms with Gasteiger partial charge in [0.1, 0.15) is 5.75 Å². The Morgan fingerprint density at radius 2 is 1.68 bits per heavy atom. The van der Waals surface area contributed by atoms with Gasteiger partial charge in [-0.1, -0.05) is 30.3 Å². The second kappa shape index (κ2) is 5.27. The summed E-state index contributed by atoms with van der Waals surface area (Å²) in [6.45, 7) is 0. The van der Waals surface area contributed by atoms with Crippen LogP contribution in [0.5, 0.6) is 11.6 Å². The number of benzene rings is 1. The number of hydrogen-bond donors (Lipinski definition) is 0. The van der Waals surface area contributed by atoms with Gasteiger partial charge in [-0.25, -0.2) is 4.98 Å². The molecule has 92 valence electrons. The maximum Gasteiger partial charge on any atom is 0.237 e. The lowest BCUT2D eigenvalue weighted by molar-refractivity contribution is 0.458. The van der Waals surface area contributed by atoms with E-state index in [2.05, 4.69) is 15.0 Å². The number of aromatic nitrogens is 3. The first kappa shape index (κ1) is 11.3. The molecule has 19 heavy (non-hydrogen) atoms. The Labute approximate surface area is 110 Å². The summed E-state index contributed by atoms with van der Waals surface area (Å²) in [5.41, 5.74) is 2.10. The molecular weight excluding hydrogens is 238 g/mol. The number of rotatable bonds is 3. The fourth-order valence-corrected chi connectivity index (χ4v) is 1.72. The summed E-state index contributed by atoms with van der Waals surface area (Å²) < 4.78 is 5.60. The molecule has 0 amide bonds. The Morgan fingerprint density at radius 3 is 2.47 bits per heavy atom. The molecule has 2 aromatic heterocycles. The lowest BCUT2D eigenvalue weighted by Crippen LogP contribution is -1.89. The van der Waals surface area contributed by atoms with Crippen LogP contribution < -0.4 is 4.74 Å². The number of nitrogens with zero attached hydrogens (tertiary/aromatic N) is 3. The summed E-state index contributed by atoms with van der Waals surface area (Å²) in [5.74, 6) is 1.09. The highest BCUT2D eigenvalue weighted by Crippen LogP contribution is 2.24. The van der Waals surface area contributed by atoms with Crippen molar-refractivity contribution in [1.29, 1.82) is 0 Å². The summed E-state index contributed by atoms with van der Waals surface area (Å²) in [4.78, 5) is 12.2. The van der Waals surface area contributed by atoms with Crippen LogP contribution in [-0.2, 0) is 0 Å². The molecule has 0 bridgehead atoms. The molecule has 0 saturated carbocycles. The monoisotopic (exact) mass is 249 g/mol. The minimum Gasteiger partial charge on any atom is -0.436 e. The molecule has 0 unspecified atom stereocenters. The Balaban J connectivity index is 1.89. The molecule has 0 N–H and O–H groups in total. The predicted molar refractivity (Wildman–Crippen MR) is 71.8 cm³/mol. The first-order valence-corrected chi connectivity index (χ1v) is 5.86. The van der Waals surface area contributed by atoms with Crippen molar-refractivity contribution in [2.45, 2.75) is 0 Å². The summed E-state index contributed by atoms with van der Waals surface area (Å²) in [6.07, 6.45) is 8.21. The highest BCUT2D eigenvalue weighted by molar-refractivity contribution is 5.63. The molecule has 4 heteroatoms. The van der Waals surface area contributed by atoms with Crippen LogP contribution in [0, 0.1) is 0 Å². The third-order valence-corrected chi connectivity index (χ3v) is 2.58. The second-order valence-corrected chi connectivity index (χ2v) is 3.92. The molecule has 0 aliphatic heterocycles. The topological polar surface area (TPSA) is 47.9 Å². The predicted octanol–water partition coefficient (Wildman–Crippen LogP) is 3.33. The van der Waals surface area contributed by atoms with Gasteiger partial charge in [0, 0.05) is 24.2 Å². The Kier molecular flexibility index (Phi) is 3.14. The van der Waals surface area contributed by atoms with Crippen molar-refractivity contribution in [2.24, 2.45) is 0 Å². The summed E-state index contributed by atoms with van der Waals surface area (Å²) in [7, 11) is 0. The van der Waals surface area contributed by atoms with Gasteiger partial charge in [0.2, 0.25) is 5.88 Å². The van der Waals surface area contributed by atoms with E-state index in [0.717, 1.165) is 11.1 Å². The van der Waals surface area contributed by atoms with Crippen molar-refractivity contribution < 1.29 is 4.74 Å². The molecule has 0 radical (unpaired) electrons. The SMILES string of the molecule is c1ccc(-c2cncc(Oc3cnccn3)c2)cc1. The molecule has 0 spiro atoms. The Bertz CT molecular complexity index is 657. The van der Waals surface area contributed by atoms with Crippen LogP contribution in [0.4, 0.5) is 0 Å².